The summed E-state index contributed by atoms with van der Waals surface area (Å²) >= 11 is 10.8. The largest absolute Gasteiger partial charge is 0.467 e. The minimum absolute atomic E-state index is 0.0109. The Bertz CT molecular complexity index is 494. The Morgan fingerprint density at radius 3 is 2.88 bits per heavy atom. The predicted molar refractivity (Wildman–Crippen MR) is 75.9 cm³/mol. The van der Waals surface area contributed by atoms with Crippen LogP contribution >= 0.6 is 38.9 Å². The fraction of sp³-hybridized carbons (Fsp3) is 0.167. The number of hydrogen-bond donors (Lipinski definition) is 1. The molecule has 2 nitrogen and oxygen atoms in total. The molecule has 1 atom stereocenters. The molecule has 0 aliphatic rings. The molecule has 2 aromatic rings. The van der Waals surface area contributed by atoms with Crippen molar-refractivity contribution in [2.45, 2.75) is 6.04 Å². The number of rotatable bonds is 5. The number of nitrogens with one attached hydrogen (secondary N) is 1. The molecule has 0 radical (unpaired) electrons. The topological polar surface area (TPSA) is 25.2 Å². The van der Waals surface area contributed by atoms with Crippen LogP contribution in [0.15, 0.2) is 46.0 Å². The van der Waals surface area contributed by atoms with Gasteiger partial charge in [-0.2, -0.15) is 0 Å². The minimum atomic E-state index is 0.0109. The van der Waals surface area contributed by atoms with Gasteiger partial charge in [-0.25, -0.2) is 0 Å². The second-order valence-corrected chi connectivity index (χ2v) is 6.36. The van der Waals surface area contributed by atoms with Crippen LogP contribution in [-0.2, 0) is 0 Å². The molecular formula is C12H11BrClNOS. The zero-order valence-electron chi connectivity index (χ0n) is 8.95. The summed E-state index contributed by atoms with van der Waals surface area (Å²) in [6, 6.07) is 7.73. The Morgan fingerprint density at radius 2 is 2.35 bits per heavy atom. The van der Waals surface area contributed by atoms with Gasteiger partial charge in [0, 0.05) is 15.9 Å². The first kappa shape index (κ1) is 12.9. The highest BCUT2D eigenvalue weighted by Gasteiger charge is 2.18. The average molecular weight is 333 g/mol. The van der Waals surface area contributed by atoms with Gasteiger partial charge in [0.05, 0.1) is 10.6 Å². The van der Waals surface area contributed by atoms with Gasteiger partial charge in [-0.1, -0.05) is 34.1 Å². The van der Waals surface area contributed by atoms with E-state index in [0.29, 0.717) is 6.54 Å². The maximum Gasteiger partial charge on any atom is 0.126 e. The molecule has 17 heavy (non-hydrogen) atoms. The summed E-state index contributed by atoms with van der Waals surface area (Å²) < 4.78 is 7.12. The lowest BCUT2D eigenvalue weighted by atomic mass is 10.2. The van der Waals surface area contributed by atoms with Crippen LogP contribution in [0.5, 0.6) is 0 Å². The van der Waals surface area contributed by atoms with Crippen molar-refractivity contribution >= 4 is 38.9 Å². The second-order valence-electron chi connectivity index (χ2n) is 3.49. The minimum Gasteiger partial charge on any atom is -0.467 e. The first-order valence-electron chi connectivity index (χ1n) is 5.02. The number of furan rings is 1. The van der Waals surface area contributed by atoms with Crippen LogP contribution < -0.4 is 5.32 Å². The average Bonchev–Trinajstić information content (AvgIpc) is 2.90. The van der Waals surface area contributed by atoms with E-state index in [4.69, 9.17) is 16.0 Å². The molecule has 90 valence electrons. The maximum absolute atomic E-state index is 5.96. The van der Waals surface area contributed by atoms with Crippen molar-refractivity contribution in [3.63, 3.8) is 0 Å². The summed E-state index contributed by atoms with van der Waals surface area (Å²) in [5.74, 6) is 0.872. The van der Waals surface area contributed by atoms with Gasteiger partial charge in [-0.05, 0) is 24.3 Å². The van der Waals surface area contributed by atoms with Gasteiger partial charge in [0.15, 0.2) is 0 Å². The predicted octanol–water partition coefficient (Wildman–Crippen LogP) is 4.58. The Balaban J connectivity index is 2.21. The van der Waals surface area contributed by atoms with E-state index in [1.165, 1.54) is 0 Å². The standard InChI is InChI=1S/C12H11BrClNOS/c1-8(13)7-15-12(9-3-2-6-16-9)10-4-5-11(14)17-10/h2-6,12,15H,1,7H2. The molecular weight excluding hydrogens is 322 g/mol. The summed E-state index contributed by atoms with van der Waals surface area (Å²) in [5.41, 5.74) is 0. The molecule has 0 fully saturated rings. The molecule has 1 unspecified atom stereocenters. The highest BCUT2D eigenvalue weighted by Crippen LogP contribution is 2.31. The van der Waals surface area contributed by atoms with Gasteiger partial charge < -0.3 is 4.42 Å². The third-order valence-corrected chi connectivity index (χ3v) is 3.78. The summed E-state index contributed by atoms with van der Waals surface area (Å²) in [7, 11) is 0. The van der Waals surface area contributed by atoms with Gasteiger partial charge >= 0.3 is 0 Å². The van der Waals surface area contributed by atoms with E-state index in [9.17, 15) is 0 Å². The molecule has 0 aliphatic heterocycles. The quantitative estimate of drug-likeness (QED) is 0.867. The van der Waals surface area contributed by atoms with Crippen LogP contribution in [0.3, 0.4) is 0 Å². The lowest BCUT2D eigenvalue weighted by Gasteiger charge is -2.14. The Morgan fingerprint density at radius 1 is 1.53 bits per heavy atom. The molecule has 0 aromatic carbocycles. The van der Waals surface area contributed by atoms with Crippen LogP contribution in [0.4, 0.5) is 0 Å². The smallest absolute Gasteiger partial charge is 0.126 e. The Kier molecular flexibility index (Phi) is 4.45. The van der Waals surface area contributed by atoms with E-state index >= 15 is 0 Å². The van der Waals surface area contributed by atoms with Crippen LogP contribution in [0.25, 0.3) is 0 Å². The van der Waals surface area contributed by atoms with Crippen molar-refractivity contribution < 1.29 is 4.42 Å². The summed E-state index contributed by atoms with van der Waals surface area (Å²) in [5, 5.41) is 3.36. The summed E-state index contributed by atoms with van der Waals surface area (Å²) in [6.07, 6.45) is 1.67. The van der Waals surface area contributed by atoms with Gasteiger partial charge in [0.1, 0.15) is 11.8 Å². The molecule has 2 heterocycles. The first-order valence-corrected chi connectivity index (χ1v) is 7.01. The summed E-state index contributed by atoms with van der Waals surface area (Å²) in [6.45, 7) is 4.48. The molecule has 0 aliphatic carbocycles. The highest BCUT2D eigenvalue weighted by atomic mass is 79.9. The molecule has 2 aromatic heterocycles. The van der Waals surface area contributed by atoms with Crippen LogP contribution in [0, 0.1) is 0 Å². The van der Waals surface area contributed by atoms with Gasteiger partial charge in [-0.3, -0.25) is 5.32 Å². The zero-order chi connectivity index (χ0) is 12.3. The van der Waals surface area contributed by atoms with E-state index in [-0.39, 0.29) is 6.04 Å². The van der Waals surface area contributed by atoms with E-state index in [0.717, 1.165) is 19.5 Å². The Hall–Kier alpha value is -0.550. The molecule has 2 rings (SSSR count). The first-order chi connectivity index (χ1) is 8.16. The number of thiophene rings is 1. The van der Waals surface area contributed by atoms with Crippen molar-refractivity contribution in [1.82, 2.24) is 5.32 Å². The molecule has 0 saturated carbocycles. The van der Waals surface area contributed by atoms with Crippen molar-refractivity contribution in [3.05, 3.63) is 56.6 Å². The maximum atomic E-state index is 5.96. The van der Waals surface area contributed by atoms with Crippen LogP contribution in [0.2, 0.25) is 4.34 Å². The Labute approximate surface area is 117 Å². The fourth-order valence-electron chi connectivity index (χ4n) is 1.49. The molecule has 0 bridgehead atoms. The van der Waals surface area contributed by atoms with Gasteiger partial charge in [-0.15, -0.1) is 11.3 Å². The van der Waals surface area contributed by atoms with E-state index < -0.39 is 0 Å². The van der Waals surface area contributed by atoms with Crippen LogP contribution in [-0.4, -0.2) is 6.54 Å². The fourth-order valence-corrected chi connectivity index (χ4v) is 2.80. The van der Waals surface area contributed by atoms with Gasteiger partial charge in [0.25, 0.3) is 0 Å². The molecule has 1 N–H and O–H groups in total. The number of hydrogen-bond acceptors (Lipinski definition) is 3. The lowest BCUT2D eigenvalue weighted by molar-refractivity contribution is 0.459. The van der Waals surface area contributed by atoms with Crippen LogP contribution in [0.1, 0.15) is 16.7 Å². The monoisotopic (exact) mass is 331 g/mol. The number of halogens is 2. The van der Waals surface area contributed by atoms with Crippen molar-refractivity contribution in [1.29, 1.82) is 0 Å². The SMILES string of the molecule is C=C(Br)CNC(c1ccco1)c1ccc(Cl)s1. The van der Waals surface area contributed by atoms with E-state index in [1.807, 2.05) is 24.3 Å². The summed E-state index contributed by atoms with van der Waals surface area (Å²) in [4.78, 5) is 1.12. The third-order valence-electron chi connectivity index (χ3n) is 2.20. The normalized spacial score (nSPS) is 12.6. The molecule has 0 spiro atoms. The van der Waals surface area contributed by atoms with Gasteiger partial charge in [0.2, 0.25) is 0 Å². The molecule has 0 saturated heterocycles. The highest BCUT2D eigenvalue weighted by molar-refractivity contribution is 9.11. The third kappa shape index (κ3) is 3.45. The second kappa shape index (κ2) is 5.87. The van der Waals surface area contributed by atoms with Crippen molar-refractivity contribution in [3.8, 4) is 0 Å². The zero-order valence-corrected chi connectivity index (χ0v) is 12.1. The van der Waals surface area contributed by atoms with E-state index in [1.54, 1.807) is 17.6 Å². The van der Waals surface area contributed by atoms with E-state index in [2.05, 4.69) is 27.8 Å². The lowest BCUT2D eigenvalue weighted by Crippen LogP contribution is -2.22. The van der Waals surface area contributed by atoms with Crippen molar-refractivity contribution in [2.24, 2.45) is 0 Å². The molecule has 0 amide bonds. The molecule has 5 heteroatoms. The van der Waals surface area contributed by atoms with Crippen molar-refractivity contribution in [2.75, 3.05) is 6.54 Å².